The van der Waals surface area contributed by atoms with Crippen LogP contribution in [0.3, 0.4) is 0 Å². The van der Waals surface area contributed by atoms with Gasteiger partial charge in [0.25, 0.3) is 0 Å². The van der Waals surface area contributed by atoms with Crippen LogP contribution in [0.2, 0.25) is 0 Å². The highest BCUT2D eigenvalue weighted by Gasteiger charge is 2.16. The Hall–Kier alpha value is -0.0400. The lowest BCUT2D eigenvalue weighted by molar-refractivity contribution is 0.292. The van der Waals surface area contributed by atoms with Crippen LogP contribution in [-0.2, 0) is 0 Å². The van der Waals surface area contributed by atoms with E-state index in [1.807, 2.05) is 0 Å². The first-order valence-corrected chi connectivity index (χ1v) is 5.36. The molecule has 0 heterocycles. The predicted octanol–water partition coefficient (Wildman–Crippen LogP) is 3.06. The Bertz CT molecular complexity index is 101. The normalized spacial score (nSPS) is 18.8. The Balaban J connectivity index is 3.67. The second-order valence-electron chi connectivity index (χ2n) is 3.99. The van der Waals surface area contributed by atoms with Crippen LogP contribution in [-0.4, -0.2) is 12.6 Å². The summed E-state index contributed by atoms with van der Waals surface area (Å²) in [6.07, 6.45) is 2.52. The first kappa shape index (κ1) is 12.0. The average molecular weight is 171 g/mol. The summed E-state index contributed by atoms with van der Waals surface area (Å²) in [5, 5.41) is 3.55. The second-order valence-corrected chi connectivity index (χ2v) is 3.99. The van der Waals surface area contributed by atoms with Crippen LogP contribution >= 0.6 is 0 Å². The largest absolute Gasteiger partial charge is 0.314 e. The van der Waals surface area contributed by atoms with Gasteiger partial charge >= 0.3 is 0 Å². The van der Waals surface area contributed by atoms with Gasteiger partial charge in [-0.05, 0) is 31.7 Å². The molecule has 1 N–H and O–H groups in total. The van der Waals surface area contributed by atoms with Crippen molar-refractivity contribution in [3.63, 3.8) is 0 Å². The molecule has 0 saturated carbocycles. The lowest BCUT2D eigenvalue weighted by Crippen LogP contribution is -2.35. The zero-order valence-electron chi connectivity index (χ0n) is 9.35. The van der Waals surface area contributed by atoms with E-state index in [-0.39, 0.29) is 0 Å². The van der Waals surface area contributed by atoms with E-state index in [4.69, 9.17) is 0 Å². The molecule has 0 aromatic heterocycles. The maximum absolute atomic E-state index is 3.55. The van der Waals surface area contributed by atoms with E-state index < -0.39 is 0 Å². The minimum absolute atomic E-state index is 0.667. The van der Waals surface area contributed by atoms with Crippen LogP contribution in [0.25, 0.3) is 0 Å². The van der Waals surface area contributed by atoms with E-state index >= 15 is 0 Å². The van der Waals surface area contributed by atoms with Crippen LogP contribution in [0, 0.1) is 11.8 Å². The smallest absolute Gasteiger partial charge is 0.00668 e. The van der Waals surface area contributed by atoms with Crippen molar-refractivity contribution in [1.29, 1.82) is 0 Å². The van der Waals surface area contributed by atoms with Crippen molar-refractivity contribution in [1.82, 2.24) is 5.32 Å². The molecule has 0 fully saturated rings. The molecule has 1 nitrogen and oxygen atoms in total. The second kappa shape index (κ2) is 6.47. The Kier molecular flexibility index (Phi) is 6.45. The van der Waals surface area contributed by atoms with Gasteiger partial charge in [0.15, 0.2) is 0 Å². The summed E-state index contributed by atoms with van der Waals surface area (Å²) in [7, 11) is 0. The molecule has 3 atom stereocenters. The van der Waals surface area contributed by atoms with E-state index in [1.54, 1.807) is 0 Å². The summed E-state index contributed by atoms with van der Waals surface area (Å²) in [4.78, 5) is 0. The minimum Gasteiger partial charge on any atom is -0.314 e. The molecule has 0 aliphatic heterocycles. The molecule has 0 bridgehead atoms. The van der Waals surface area contributed by atoms with Crippen molar-refractivity contribution in [2.24, 2.45) is 11.8 Å². The monoisotopic (exact) mass is 171 g/mol. The van der Waals surface area contributed by atoms with Gasteiger partial charge in [-0.25, -0.2) is 0 Å². The van der Waals surface area contributed by atoms with Gasteiger partial charge in [0.05, 0.1) is 0 Å². The van der Waals surface area contributed by atoms with E-state index in [0.29, 0.717) is 6.04 Å². The van der Waals surface area contributed by atoms with Crippen LogP contribution in [0.4, 0.5) is 0 Å². The average Bonchev–Trinajstić information content (AvgIpc) is 2.11. The third kappa shape index (κ3) is 4.10. The standard InChI is InChI=1S/C11H25N/c1-6-8-12-11(5)10(4)9(3)7-2/h9-12H,6-8H2,1-5H3. The van der Waals surface area contributed by atoms with Crippen molar-refractivity contribution in [3.05, 3.63) is 0 Å². The highest BCUT2D eigenvalue weighted by atomic mass is 14.9. The molecule has 12 heavy (non-hydrogen) atoms. The first-order chi connectivity index (χ1) is 5.63. The van der Waals surface area contributed by atoms with Gasteiger partial charge in [-0.15, -0.1) is 0 Å². The van der Waals surface area contributed by atoms with Gasteiger partial charge < -0.3 is 5.32 Å². The maximum Gasteiger partial charge on any atom is 0.00668 e. The predicted molar refractivity (Wildman–Crippen MR) is 56.4 cm³/mol. The van der Waals surface area contributed by atoms with Gasteiger partial charge in [0.2, 0.25) is 0 Å². The zero-order chi connectivity index (χ0) is 9.56. The van der Waals surface area contributed by atoms with E-state index in [0.717, 1.165) is 18.4 Å². The van der Waals surface area contributed by atoms with Crippen molar-refractivity contribution in [2.45, 2.75) is 53.5 Å². The molecular weight excluding hydrogens is 146 g/mol. The molecule has 0 aromatic carbocycles. The molecule has 1 heteroatoms. The fourth-order valence-corrected chi connectivity index (χ4v) is 1.42. The van der Waals surface area contributed by atoms with Gasteiger partial charge in [-0.1, -0.05) is 34.1 Å². The lowest BCUT2D eigenvalue weighted by atomic mass is 9.88. The molecule has 3 unspecified atom stereocenters. The summed E-state index contributed by atoms with van der Waals surface area (Å²) in [6, 6.07) is 0.667. The lowest BCUT2D eigenvalue weighted by Gasteiger charge is -2.26. The van der Waals surface area contributed by atoms with Crippen molar-refractivity contribution < 1.29 is 0 Å². The van der Waals surface area contributed by atoms with Crippen LogP contribution in [0.5, 0.6) is 0 Å². The maximum atomic E-state index is 3.55. The Morgan fingerprint density at radius 3 is 2.08 bits per heavy atom. The van der Waals surface area contributed by atoms with Crippen molar-refractivity contribution in [3.8, 4) is 0 Å². The third-order valence-electron chi connectivity index (χ3n) is 3.05. The highest BCUT2D eigenvalue weighted by molar-refractivity contribution is 4.72. The highest BCUT2D eigenvalue weighted by Crippen LogP contribution is 2.17. The van der Waals surface area contributed by atoms with Crippen molar-refractivity contribution >= 4 is 0 Å². The van der Waals surface area contributed by atoms with E-state index in [2.05, 4.69) is 39.9 Å². The summed E-state index contributed by atoms with van der Waals surface area (Å²) in [6.45, 7) is 12.6. The van der Waals surface area contributed by atoms with Crippen molar-refractivity contribution in [2.75, 3.05) is 6.54 Å². The number of nitrogens with one attached hydrogen (secondary N) is 1. The Morgan fingerprint density at radius 2 is 1.67 bits per heavy atom. The van der Waals surface area contributed by atoms with Gasteiger partial charge in [0, 0.05) is 6.04 Å². The van der Waals surface area contributed by atoms with Gasteiger partial charge in [-0.2, -0.15) is 0 Å². The molecular formula is C11H25N. The Morgan fingerprint density at radius 1 is 1.08 bits per heavy atom. The third-order valence-corrected chi connectivity index (χ3v) is 3.05. The number of hydrogen-bond donors (Lipinski definition) is 1. The molecule has 0 radical (unpaired) electrons. The topological polar surface area (TPSA) is 12.0 Å². The first-order valence-electron chi connectivity index (χ1n) is 5.36. The summed E-state index contributed by atoms with van der Waals surface area (Å²) in [5.74, 6) is 1.63. The summed E-state index contributed by atoms with van der Waals surface area (Å²) >= 11 is 0. The van der Waals surface area contributed by atoms with Gasteiger partial charge in [-0.3, -0.25) is 0 Å². The fourth-order valence-electron chi connectivity index (χ4n) is 1.42. The molecule has 0 aliphatic rings. The SMILES string of the molecule is CCCNC(C)C(C)C(C)CC. The molecule has 0 rings (SSSR count). The van der Waals surface area contributed by atoms with E-state index in [9.17, 15) is 0 Å². The number of rotatable bonds is 6. The van der Waals surface area contributed by atoms with Crippen LogP contribution < -0.4 is 5.32 Å². The molecule has 0 saturated heterocycles. The molecule has 0 aliphatic carbocycles. The Labute approximate surface area is 77.9 Å². The minimum atomic E-state index is 0.667. The summed E-state index contributed by atoms with van der Waals surface area (Å²) < 4.78 is 0. The zero-order valence-corrected chi connectivity index (χ0v) is 9.35. The summed E-state index contributed by atoms with van der Waals surface area (Å²) in [5.41, 5.74) is 0. The van der Waals surface area contributed by atoms with Crippen LogP contribution in [0.15, 0.2) is 0 Å². The molecule has 0 amide bonds. The van der Waals surface area contributed by atoms with Crippen LogP contribution in [0.1, 0.15) is 47.5 Å². The van der Waals surface area contributed by atoms with E-state index in [1.165, 1.54) is 12.8 Å². The molecule has 0 spiro atoms. The number of hydrogen-bond acceptors (Lipinski definition) is 1. The fraction of sp³-hybridized carbons (Fsp3) is 1.00. The molecule has 0 aromatic rings. The quantitative estimate of drug-likeness (QED) is 0.647. The van der Waals surface area contributed by atoms with Gasteiger partial charge in [0.1, 0.15) is 0 Å². The molecule has 74 valence electrons.